The second-order valence-electron chi connectivity index (χ2n) is 7.51. The summed E-state index contributed by atoms with van der Waals surface area (Å²) in [7, 11) is 0. The molecule has 0 heterocycles. The van der Waals surface area contributed by atoms with Crippen molar-refractivity contribution in [2.24, 2.45) is 0 Å². The Morgan fingerprint density at radius 3 is 2.42 bits per heavy atom. The lowest BCUT2D eigenvalue weighted by atomic mass is 10.1. The molecule has 0 aliphatic heterocycles. The molecule has 0 fully saturated rings. The maximum absolute atomic E-state index is 12.2. The molecule has 0 radical (unpaired) electrons. The smallest absolute Gasteiger partial charge is 0.251 e. The summed E-state index contributed by atoms with van der Waals surface area (Å²) < 4.78 is 0. The summed E-state index contributed by atoms with van der Waals surface area (Å²) in [6, 6.07) is 13.0. The molecule has 0 aromatic heterocycles. The Labute approximate surface area is 155 Å². The fourth-order valence-electron chi connectivity index (χ4n) is 2.46. The standard InChI is InChI=1S/C21H27N3O2/c1-14-9-10-15(2)18(11-14)22-13-19(25)23-17-8-6-7-16(12-17)20(26)24-21(3,4)5/h6-12,22H,13H2,1-5H3,(H,23,25)(H,24,26). The molecule has 26 heavy (non-hydrogen) atoms. The monoisotopic (exact) mass is 353 g/mol. The number of aryl methyl sites for hydroxylation is 2. The van der Waals surface area contributed by atoms with Crippen molar-refractivity contribution in [3.05, 3.63) is 59.2 Å². The minimum atomic E-state index is -0.314. The van der Waals surface area contributed by atoms with Crippen molar-refractivity contribution in [2.75, 3.05) is 17.2 Å². The van der Waals surface area contributed by atoms with Crippen molar-refractivity contribution in [1.82, 2.24) is 5.32 Å². The molecule has 0 aliphatic carbocycles. The van der Waals surface area contributed by atoms with Gasteiger partial charge in [0.25, 0.3) is 5.91 Å². The van der Waals surface area contributed by atoms with E-state index in [1.807, 2.05) is 52.8 Å². The lowest BCUT2D eigenvalue weighted by Crippen LogP contribution is -2.40. The number of hydrogen-bond acceptors (Lipinski definition) is 3. The zero-order valence-electron chi connectivity index (χ0n) is 16.1. The minimum absolute atomic E-state index is 0.155. The van der Waals surface area contributed by atoms with Crippen LogP contribution in [0.5, 0.6) is 0 Å². The van der Waals surface area contributed by atoms with E-state index in [4.69, 9.17) is 0 Å². The van der Waals surface area contributed by atoms with Crippen molar-refractivity contribution < 1.29 is 9.59 Å². The number of carbonyl (C=O) groups is 2. The molecule has 2 aromatic rings. The largest absolute Gasteiger partial charge is 0.376 e. The van der Waals surface area contributed by atoms with Crippen molar-refractivity contribution >= 4 is 23.2 Å². The fourth-order valence-corrected chi connectivity index (χ4v) is 2.46. The Balaban J connectivity index is 1.98. The lowest BCUT2D eigenvalue weighted by Gasteiger charge is -2.20. The van der Waals surface area contributed by atoms with E-state index in [-0.39, 0.29) is 23.9 Å². The van der Waals surface area contributed by atoms with E-state index in [1.54, 1.807) is 24.3 Å². The zero-order chi connectivity index (χ0) is 19.3. The number of amides is 2. The van der Waals surface area contributed by atoms with Gasteiger partial charge in [-0.25, -0.2) is 0 Å². The summed E-state index contributed by atoms with van der Waals surface area (Å²) >= 11 is 0. The van der Waals surface area contributed by atoms with E-state index in [9.17, 15) is 9.59 Å². The van der Waals surface area contributed by atoms with Gasteiger partial charge in [0.1, 0.15) is 0 Å². The molecule has 2 amide bonds. The van der Waals surface area contributed by atoms with Crippen LogP contribution in [0.25, 0.3) is 0 Å². The van der Waals surface area contributed by atoms with Crippen LogP contribution in [0.3, 0.4) is 0 Å². The van der Waals surface area contributed by atoms with Gasteiger partial charge in [0.2, 0.25) is 5.91 Å². The van der Waals surface area contributed by atoms with Gasteiger partial charge in [-0.3, -0.25) is 9.59 Å². The first kappa shape index (κ1) is 19.5. The third-order valence-corrected chi connectivity index (χ3v) is 3.73. The summed E-state index contributed by atoms with van der Waals surface area (Å²) in [6.45, 7) is 9.94. The first-order valence-corrected chi connectivity index (χ1v) is 8.67. The Bertz CT molecular complexity index is 807. The quantitative estimate of drug-likeness (QED) is 0.764. The third kappa shape index (κ3) is 5.92. The SMILES string of the molecule is Cc1ccc(C)c(NCC(=O)Nc2cccc(C(=O)NC(C)(C)C)c2)c1. The van der Waals surface area contributed by atoms with E-state index < -0.39 is 0 Å². The predicted octanol–water partition coefficient (Wildman–Crippen LogP) is 3.88. The first-order valence-electron chi connectivity index (χ1n) is 8.67. The average Bonchev–Trinajstić information content (AvgIpc) is 2.54. The molecule has 2 rings (SSSR count). The highest BCUT2D eigenvalue weighted by Crippen LogP contribution is 2.16. The number of benzene rings is 2. The number of hydrogen-bond donors (Lipinski definition) is 3. The van der Waals surface area contributed by atoms with Gasteiger partial charge in [-0.05, 0) is 70.0 Å². The molecule has 0 atom stereocenters. The molecule has 0 saturated heterocycles. The minimum Gasteiger partial charge on any atom is -0.376 e. The van der Waals surface area contributed by atoms with E-state index in [1.165, 1.54) is 0 Å². The Morgan fingerprint density at radius 2 is 1.73 bits per heavy atom. The molecule has 0 spiro atoms. The lowest BCUT2D eigenvalue weighted by molar-refractivity contribution is -0.114. The molecule has 138 valence electrons. The maximum Gasteiger partial charge on any atom is 0.251 e. The van der Waals surface area contributed by atoms with Crippen molar-refractivity contribution in [2.45, 2.75) is 40.2 Å². The molecule has 5 heteroatoms. The van der Waals surface area contributed by atoms with E-state index in [0.717, 1.165) is 16.8 Å². The van der Waals surface area contributed by atoms with Crippen LogP contribution in [-0.4, -0.2) is 23.9 Å². The van der Waals surface area contributed by atoms with Crippen LogP contribution in [0.4, 0.5) is 11.4 Å². The molecule has 0 aliphatic rings. The van der Waals surface area contributed by atoms with Crippen LogP contribution in [0.15, 0.2) is 42.5 Å². The Hall–Kier alpha value is -2.82. The highest BCUT2D eigenvalue weighted by molar-refractivity contribution is 5.98. The molecule has 5 nitrogen and oxygen atoms in total. The summed E-state index contributed by atoms with van der Waals surface area (Å²) in [6.07, 6.45) is 0. The third-order valence-electron chi connectivity index (χ3n) is 3.73. The number of anilines is 2. The van der Waals surface area contributed by atoms with Crippen LogP contribution in [0.1, 0.15) is 42.3 Å². The summed E-state index contributed by atoms with van der Waals surface area (Å²) in [5, 5.41) is 8.88. The van der Waals surface area contributed by atoms with Crippen molar-refractivity contribution in [1.29, 1.82) is 0 Å². The highest BCUT2D eigenvalue weighted by atomic mass is 16.2. The van der Waals surface area contributed by atoms with Crippen LogP contribution in [0.2, 0.25) is 0 Å². The molecule has 2 aromatic carbocycles. The van der Waals surface area contributed by atoms with Crippen LogP contribution in [0, 0.1) is 13.8 Å². The predicted molar refractivity (Wildman–Crippen MR) is 107 cm³/mol. The molecule has 0 saturated carbocycles. The average molecular weight is 353 g/mol. The maximum atomic E-state index is 12.2. The number of nitrogens with one attached hydrogen (secondary N) is 3. The summed E-state index contributed by atoms with van der Waals surface area (Å²) in [5.41, 5.74) is 3.96. The first-order chi connectivity index (χ1) is 12.1. The molecule has 3 N–H and O–H groups in total. The molecular weight excluding hydrogens is 326 g/mol. The van der Waals surface area contributed by atoms with Gasteiger partial charge in [-0.2, -0.15) is 0 Å². The van der Waals surface area contributed by atoms with Gasteiger partial charge in [-0.1, -0.05) is 18.2 Å². The van der Waals surface area contributed by atoms with Gasteiger partial charge < -0.3 is 16.0 Å². The number of rotatable bonds is 5. The Morgan fingerprint density at radius 1 is 1.00 bits per heavy atom. The van der Waals surface area contributed by atoms with Crippen LogP contribution >= 0.6 is 0 Å². The topological polar surface area (TPSA) is 70.2 Å². The van der Waals surface area contributed by atoms with Gasteiger partial charge in [0.15, 0.2) is 0 Å². The Kier molecular flexibility index (Phi) is 6.03. The zero-order valence-corrected chi connectivity index (χ0v) is 16.1. The molecule has 0 bridgehead atoms. The van der Waals surface area contributed by atoms with Gasteiger partial charge >= 0.3 is 0 Å². The van der Waals surface area contributed by atoms with Gasteiger partial charge in [-0.15, -0.1) is 0 Å². The van der Waals surface area contributed by atoms with Crippen molar-refractivity contribution in [3.8, 4) is 0 Å². The number of carbonyl (C=O) groups excluding carboxylic acids is 2. The van der Waals surface area contributed by atoms with E-state index in [2.05, 4.69) is 16.0 Å². The normalized spacial score (nSPS) is 11.0. The van der Waals surface area contributed by atoms with E-state index in [0.29, 0.717) is 11.3 Å². The molecule has 0 unspecified atom stereocenters. The second-order valence-corrected chi connectivity index (χ2v) is 7.51. The van der Waals surface area contributed by atoms with Gasteiger partial charge in [0.05, 0.1) is 6.54 Å². The van der Waals surface area contributed by atoms with Crippen LogP contribution < -0.4 is 16.0 Å². The second kappa shape index (κ2) is 8.04. The summed E-state index contributed by atoms with van der Waals surface area (Å²) in [4.78, 5) is 24.5. The van der Waals surface area contributed by atoms with E-state index >= 15 is 0 Å². The van der Waals surface area contributed by atoms with Gasteiger partial charge in [0, 0.05) is 22.5 Å². The van der Waals surface area contributed by atoms with Crippen molar-refractivity contribution in [3.63, 3.8) is 0 Å². The highest BCUT2D eigenvalue weighted by Gasteiger charge is 2.15. The van der Waals surface area contributed by atoms with Crippen LogP contribution in [-0.2, 0) is 4.79 Å². The summed E-state index contributed by atoms with van der Waals surface area (Å²) in [5.74, 6) is -0.332. The molecular formula is C21H27N3O2. The fraction of sp³-hybridized carbons (Fsp3) is 0.333.